The molecule has 132 valence electrons. The maximum Gasteiger partial charge on any atom is 0.182 e. The van der Waals surface area contributed by atoms with Crippen molar-refractivity contribution < 1.29 is 23.8 Å². The van der Waals surface area contributed by atoms with Crippen LogP contribution in [-0.4, -0.2) is 63.3 Å². The van der Waals surface area contributed by atoms with E-state index in [0.29, 0.717) is 39.6 Å². The number of carbonyl (C=O) groups is 2. The third-order valence-electron chi connectivity index (χ3n) is 3.13. The van der Waals surface area contributed by atoms with Crippen LogP contribution >= 0.6 is 0 Å². The van der Waals surface area contributed by atoms with E-state index in [1.807, 2.05) is 0 Å². The first kappa shape index (κ1) is 21.6. The number of carbonyl (C=O) groups excluding carboxylic acids is 2. The SMILES string of the molecule is C=CC(=O)C(N)(CCOCCOCCOCCCN)C(=O)C=C. The number of hydrogen-bond donors (Lipinski definition) is 2. The first-order valence-corrected chi connectivity index (χ1v) is 7.58. The van der Waals surface area contributed by atoms with Crippen LogP contribution in [-0.2, 0) is 23.8 Å². The van der Waals surface area contributed by atoms with Crippen molar-refractivity contribution in [1.29, 1.82) is 0 Å². The summed E-state index contributed by atoms with van der Waals surface area (Å²) in [5.74, 6) is -1.09. The predicted molar refractivity (Wildman–Crippen MR) is 88.1 cm³/mol. The largest absolute Gasteiger partial charge is 0.379 e. The molecule has 0 unspecified atom stereocenters. The molecule has 0 rings (SSSR count). The Kier molecular flexibility index (Phi) is 12.3. The molecule has 4 N–H and O–H groups in total. The van der Waals surface area contributed by atoms with Crippen LogP contribution < -0.4 is 11.5 Å². The second kappa shape index (κ2) is 13.1. The highest BCUT2D eigenvalue weighted by atomic mass is 16.5. The molecule has 7 heteroatoms. The van der Waals surface area contributed by atoms with Crippen LogP contribution in [0.5, 0.6) is 0 Å². The quantitative estimate of drug-likeness (QED) is 0.232. The first-order chi connectivity index (χ1) is 11.0. The number of hydrogen-bond acceptors (Lipinski definition) is 7. The molecule has 0 bridgehead atoms. The van der Waals surface area contributed by atoms with E-state index in [4.69, 9.17) is 25.7 Å². The molecular weight excluding hydrogens is 300 g/mol. The number of nitrogens with two attached hydrogens (primary N) is 2. The molecule has 0 aliphatic rings. The van der Waals surface area contributed by atoms with E-state index < -0.39 is 17.1 Å². The predicted octanol–water partition coefficient (Wildman–Crippen LogP) is -0.0172. The van der Waals surface area contributed by atoms with E-state index in [0.717, 1.165) is 18.6 Å². The van der Waals surface area contributed by atoms with Crippen molar-refractivity contribution in [3.8, 4) is 0 Å². The van der Waals surface area contributed by atoms with Gasteiger partial charge in [0.05, 0.1) is 26.4 Å². The molecule has 0 radical (unpaired) electrons. The average molecular weight is 328 g/mol. The minimum atomic E-state index is -1.65. The third kappa shape index (κ3) is 8.73. The standard InChI is InChI=1S/C16H28N2O5/c1-3-14(19)16(18,15(20)4-2)6-9-22-11-13-23-12-10-21-8-5-7-17/h3-4H,1-2,5-13,17-18H2. The topological polar surface area (TPSA) is 114 Å². The van der Waals surface area contributed by atoms with Gasteiger partial charge in [0.25, 0.3) is 0 Å². The van der Waals surface area contributed by atoms with E-state index in [9.17, 15) is 9.59 Å². The van der Waals surface area contributed by atoms with Crippen molar-refractivity contribution in [2.45, 2.75) is 18.4 Å². The van der Waals surface area contributed by atoms with Gasteiger partial charge in [0.2, 0.25) is 0 Å². The fraction of sp³-hybridized carbons (Fsp3) is 0.625. The monoisotopic (exact) mass is 328 g/mol. The summed E-state index contributed by atoms with van der Waals surface area (Å²) in [6, 6.07) is 0. The second-order valence-electron chi connectivity index (χ2n) is 4.84. The van der Waals surface area contributed by atoms with E-state index in [-0.39, 0.29) is 13.0 Å². The summed E-state index contributed by atoms with van der Waals surface area (Å²) in [7, 11) is 0. The number of rotatable bonds is 16. The highest BCUT2D eigenvalue weighted by molar-refractivity contribution is 6.18. The van der Waals surface area contributed by atoms with Gasteiger partial charge in [0.15, 0.2) is 11.6 Å². The fourth-order valence-corrected chi connectivity index (χ4v) is 1.69. The minimum absolute atomic E-state index is 0.0604. The molecule has 0 spiro atoms. The van der Waals surface area contributed by atoms with Crippen LogP contribution in [0.4, 0.5) is 0 Å². The summed E-state index contributed by atoms with van der Waals surface area (Å²) in [6.45, 7) is 9.81. The van der Waals surface area contributed by atoms with E-state index in [1.165, 1.54) is 0 Å². The van der Waals surface area contributed by atoms with E-state index >= 15 is 0 Å². The number of ether oxygens (including phenoxy) is 3. The average Bonchev–Trinajstić information content (AvgIpc) is 2.57. The lowest BCUT2D eigenvalue weighted by Crippen LogP contribution is -2.54. The molecule has 0 saturated carbocycles. The first-order valence-electron chi connectivity index (χ1n) is 7.58. The highest BCUT2D eigenvalue weighted by Crippen LogP contribution is 2.12. The second-order valence-corrected chi connectivity index (χ2v) is 4.84. The van der Waals surface area contributed by atoms with Crippen molar-refractivity contribution in [2.24, 2.45) is 11.5 Å². The molecule has 0 heterocycles. The Morgan fingerprint density at radius 1 is 0.870 bits per heavy atom. The van der Waals surface area contributed by atoms with Crippen LogP contribution in [0, 0.1) is 0 Å². The van der Waals surface area contributed by atoms with Gasteiger partial charge in [-0.15, -0.1) is 0 Å². The molecule has 0 aliphatic heterocycles. The zero-order chi connectivity index (χ0) is 17.6. The third-order valence-corrected chi connectivity index (χ3v) is 3.13. The molecule has 0 fully saturated rings. The van der Waals surface area contributed by atoms with Gasteiger partial charge in [-0.05, 0) is 25.1 Å². The molecule has 0 aromatic carbocycles. The zero-order valence-electron chi connectivity index (χ0n) is 13.6. The summed E-state index contributed by atoms with van der Waals surface area (Å²) < 4.78 is 15.9. The summed E-state index contributed by atoms with van der Waals surface area (Å²) in [5, 5.41) is 0. The molecule has 0 aromatic heterocycles. The molecule has 23 heavy (non-hydrogen) atoms. The fourth-order valence-electron chi connectivity index (χ4n) is 1.69. The minimum Gasteiger partial charge on any atom is -0.379 e. The van der Waals surface area contributed by atoms with E-state index in [2.05, 4.69) is 13.2 Å². The maximum atomic E-state index is 11.7. The summed E-state index contributed by atoms with van der Waals surface area (Å²) in [6.07, 6.45) is 2.96. The lowest BCUT2D eigenvalue weighted by atomic mass is 9.86. The van der Waals surface area contributed by atoms with Crippen LogP contribution in [0.25, 0.3) is 0 Å². The van der Waals surface area contributed by atoms with Crippen LogP contribution in [0.2, 0.25) is 0 Å². The van der Waals surface area contributed by atoms with Gasteiger partial charge in [0, 0.05) is 19.6 Å². The number of ketones is 2. The van der Waals surface area contributed by atoms with Crippen LogP contribution in [0.15, 0.2) is 25.3 Å². The van der Waals surface area contributed by atoms with Gasteiger partial charge < -0.3 is 25.7 Å². The van der Waals surface area contributed by atoms with Crippen molar-refractivity contribution in [3.63, 3.8) is 0 Å². The Balaban J connectivity index is 3.80. The van der Waals surface area contributed by atoms with Gasteiger partial charge in [-0.25, -0.2) is 0 Å². The smallest absolute Gasteiger partial charge is 0.182 e. The van der Waals surface area contributed by atoms with Crippen molar-refractivity contribution in [2.75, 3.05) is 46.2 Å². The normalized spacial score (nSPS) is 11.2. The molecule has 0 atom stereocenters. The Hall–Kier alpha value is -1.38. The van der Waals surface area contributed by atoms with Gasteiger partial charge in [-0.2, -0.15) is 0 Å². The van der Waals surface area contributed by atoms with E-state index in [1.54, 1.807) is 0 Å². The Morgan fingerprint density at radius 3 is 1.74 bits per heavy atom. The van der Waals surface area contributed by atoms with Gasteiger partial charge >= 0.3 is 0 Å². The molecular formula is C16H28N2O5. The molecule has 0 aromatic rings. The van der Waals surface area contributed by atoms with Crippen molar-refractivity contribution in [3.05, 3.63) is 25.3 Å². The maximum absolute atomic E-state index is 11.7. The lowest BCUT2D eigenvalue weighted by molar-refractivity contribution is -0.130. The highest BCUT2D eigenvalue weighted by Gasteiger charge is 2.37. The Bertz CT molecular complexity index is 365. The summed E-state index contributed by atoms with van der Waals surface area (Å²) >= 11 is 0. The molecule has 0 amide bonds. The van der Waals surface area contributed by atoms with Crippen LogP contribution in [0.1, 0.15) is 12.8 Å². The zero-order valence-corrected chi connectivity index (χ0v) is 13.6. The van der Waals surface area contributed by atoms with Crippen LogP contribution in [0.3, 0.4) is 0 Å². The van der Waals surface area contributed by atoms with Crippen molar-refractivity contribution in [1.82, 2.24) is 0 Å². The van der Waals surface area contributed by atoms with Gasteiger partial charge in [-0.1, -0.05) is 13.2 Å². The molecule has 0 saturated heterocycles. The lowest BCUT2D eigenvalue weighted by Gasteiger charge is -2.23. The molecule has 7 nitrogen and oxygen atoms in total. The Labute approximate surface area is 137 Å². The van der Waals surface area contributed by atoms with Crippen molar-refractivity contribution >= 4 is 11.6 Å². The summed E-state index contributed by atoms with van der Waals surface area (Å²) in [4.78, 5) is 23.5. The van der Waals surface area contributed by atoms with Gasteiger partial charge in [0.1, 0.15) is 5.54 Å². The van der Waals surface area contributed by atoms with Gasteiger partial charge in [-0.3, -0.25) is 9.59 Å². The summed E-state index contributed by atoms with van der Waals surface area (Å²) in [5.41, 5.74) is 9.53. The molecule has 0 aliphatic carbocycles. The Morgan fingerprint density at radius 2 is 1.30 bits per heavy atom.